The molecule has 0 aliphatic heterocycles. The van der Waals surface area contributed by atoms with E-state index in [1.54, 1.807) is 0 Å². The quantitative estimate of drug-likeness (QED) is 0.154. The van der Waals surface area contributed by atoms with Crippen LogP contribution in [-0.2, 0) is 12.8 Å². The Kier molecular flexibility index (Phi) is 9.66. The molecule has 0 radical (unpaired) electrons. The Morgan fingerprint density at radius 2 is 0.952 bits per heavy atom. The minimum atomic E-state index is 0.0327. The van der Waals surface area contributed by atoms with Crippen LogP contribution in [-0.4, -0.2) is 12.1 Å². The topological polar surface area (TPSA) is 24.1 Å². The van der Waals surface area contributed by atoms with E-state index in [-0.39, 0.29) is 5.92 Å². The van der Waals surface area contributed by atoms with Crippen molar-refractivity contribution in [2.75, 3.05) is 10.6 Å². The summed E-state index contributed by atoms with van der Waals surface area (Å²) in [5, 5.41) is 8.21. The number of hydrogen-bond donors (Lipinski definition) is 2. The van der Waals surface area contributed by atoms with Gasteiger partial charge in [0.1, 0.15) is 0 Å². The fourth-order valence-electron chi connectivity index (χ4n) is 6.00. The third kappa shape index (κ3) is 7.43. The molecule has 0 saturated carbocycles. The molecule has 0 bridgehead atoms. The summed E-state index contributed by atoms with van der Waals surface area (Å²) in [6, 6.07) is 43.7. The molecular weight excluding hydrogens is 532 g/mol. The van der Waals surface area contributed by atoms with Gasteiger partial charge < -0.3 is 10.6 Å². The molecule has 0 fully saturated rings. The number of nitrogens with one attached hydrogen (secondary N) is 2. The molecule has 0 aliphatic carbocycles. The molecule has 5 aromatic rings. The molecule has 2 atom stereocenters. The van der Waals surface area contributed by atoms with Gasteiger partial charge in [-0.15, -0.1) is 0 Å². The van der Waals surface area contributed by atoms with Crippen molar-refractivity contribution in [1.82, 2.24) is 0 Å². The average Bonchev–Trinajstić information content (AvgIpc) is 2.97. The van der Waals surface area contributed by atoms with Crippen molar-refractivity contribution >= 4 is 23.0 Å². The molecule has 0 heterocycles. The summed E-state index contributed by atoms with van der Waals surface area (Å²) in [6.45, 7) is 8.90. The molecule has 3 heteroatoms. The summed E-state index contributed by atoms with van der Waals surface area (Å²) in [5.41, 5.74) is 11.1. The minimum Gasteiger partial charge on any atom is -0.382 e. The lowest BCUT2D eigenvalue weighted by molar-refractivity contribution is 0.789. The zero-order chi connectivity index (χ0) is 29.5. The monoisotopic (exact) mass is 572 g/mol. The minimum absolute atomic E-state index is 0.0327. The van der Waals surface area contributed by atoms with Gasteiger partial charge >= 0.3 is 0 Å². The van der Waals surface area contributed by atoms with Crippen LogP contribution in [0.1, 0.15) is 58.7 Å². The van der Waals surface area contributed by atoms with Gasteiger partial charge in [0.15, 0.2) is 0 Å². The highest BCUT2D eigenvalue weighted by Crippen LogP contribution is 2.40. The van der Waals surface area contributed by atoms with Crippen molar-refractivity contribution in [3.63, 3.8) is 0 Å². The Balaban J connectivity index is 1.40. The summed E-state index contributed by atoms with van der Waals surface area (Å²) in [4.78, 5) is 0. The maximum atomic E-state index is 6.85. The van der Waals surface area contributed by atoms with Crippen LogP contribution in [0.25, 0.3) is 0 Å². The van der Waals surface area contributed by atoms with Crippen LogP contribution in [0.15, 0.2) is 121 Å². The van der Waals surface area contributed by atoms with Gasteiger partial charge in [0.25, 0.3) is 0 Å². The van der Waals surface area contributed by atoms with Crippen LogP contribution in [0.4, 0.5) is 11.4 Å². The van der Waals surface area contributed by atoms with Crippen molar-refractivity contribution in [2.45, 2.75) is 58.5 Å². The van der Waals surface area contributed by atoms with Crippen molar-refractivity contribution in [1.29, 1.82) is 0 Å². The Morgan fingerprint density at radius 1 is 0.524 bits per heavy atom. The first-order chi connectivity index (χ1) is 20.4. The SMILES string of the molecule is Cc1cc(NC(C)Cc2ccccc2)ccc1C(c1ccc(NC(C)Cc2ccccc2)cc1C)c1ccccc1Cl. The van der Waals surface area contributed by atoms with E-state index < -0.39 is 0 Å². The Morgan fingerprint density at radius 3 is 1.38 bits per heavy atom. The number of aryl methyl sites for hydroxylation is 2. The molecule has 2 N–H and O–H groups in total. The van der Waals surface area contributed by atoms with E-state index in [2.05, 4.69) is 148 Å². The Bertz CT molecular complexity index is 1500. The van der Waals surface area contributed by atoms with E-state index in [0.29, 0.717) is 12.1 Å². The largest absolute Gasteiger partial charge is 0.382 e. The lowest BCUT2D eigenvalue weighted by Crippen LogP contribution is -2.18. The van der Waals surface area contributed by atoms with E-state index in [1.165, 1.54) is 33.4 Å². The van der Waals surface area contributed by atoms with Gasteiger partial charge in [0, 0.05) is 34.4 Å². The first-order valence-electron chi connectivity index (χ1n) is 14.9. The molecule has 5 aromatic carbocycles. The number of anilines is 2. The fraction of sp³-hybridized carbons (Fsp3) is 0.231. The van der Waals surface area contributed by atoms with Gasteiger partial charge in [-0.3, -0.25) is 0 Å². The van der Waals surface area contributed by atoms with Crippen LogP contribution in [0.2, 0.25) is 5.02 Å². The first-order valence-corrected chi connectivity index (χ1v) is 15.3. The predicted molar refractivity (Wildman–Crippen MR) is 181 cm³/mol. The maximum absolute atomic E-state index is 6.85. The summed E-state index contributed by atoms with van der Waals surface area (Å²) in [7, 11) is 0. The van der Waals surface area contributed by atoms with Crippen LogP contribution < -0.4 is 10.6 Å². The summed E-state index contributed by atoms with van der Waals surface area (Å²) in [5.74, 6) is 0.0327. The second kappa shape index (κ2) is 13.8. The fourth-order valence-corrected chi connectivity index (χ4v) is 6.24. The third-order valence-electron chi connectivity index (χ3n) is 7.97. The molecule has 0 aromatic heterocycles. The lowest BCUT2D eigenvalue weighted by Gasteiger charge is -2.25. The van der Waals surface area contributed by atoms with E-state index in [9.17, 15) is 0 Å². The van der Waals surface area contributed by atoms with Gasteiger partial charge in [-0.05, 0) is 110 Å². The summed E-state index contributed by atoms with van der Waals surface area (Å²) in [6.07, 6.45) is 1.96. The molecule has 214 valence electrons. The van der Waals surface area contributed by atoms with Gasteiger partial charge in [-0.1, -0.05) is 103 Å². The van der Waals surface area contributed by atoms with Gasteiger partial charge in [0.2, 0.25) is 0 Å². The molecule has 0 spiro atoms. The van der Waals surface area contributed by atoms with E-state index in [4.69, 9.17) is 11.6 Å². The van der Waals surface area contributed by atoms with Gasteiger partial charge in [-0.25, -0.2) is 0 Å². The van der Waals surface area contributed by atoms with E-state index in [0.717, 1.165) is 34.8 Å². The zero-order valence-electron chi connectivity index (χ0n) is 25.1. The van der Waals surface area contributed by atoms with Crippen LogP contribution in [0.3, 0.4) is 0 Å². The number of hydrogen-bond acceptors (Lipinski definition) is 2. The summed E-state index contributed by atoms with van der Waals surface area (Å²) < 4.78 is 0. The predicted octanol–water partition coefficient (Wildman–Crippen LogP) is 10.2. The second-order valence-corrected chi connectivity index (χ2v) is 12.0. The van der Waals surface area contributed by atoms with Crippen molar-refractivity contribution in [2.24, 2.45) is 0 Å². The third-order valence-corrected chi connectivity index (χ3v) is 8.32. The summed E-state index contributed by atoms with van der Waals surface area (Å²) >= 11 is 6.85. The van der Waals surface area contributed by atoms with Crippen molar-refractivity contribution in [3.8, 4) is 0 Å². The van der Waals surface area contributed by atoms with E-state index >= 15 is 0 Å². The maximum Gasteiger partial charge on any atom is 0.0447 e. The van der Waals surface area contributed by atoms with Crippen LogP contribution in [0, 0.1) is 13.8 Å². The van der Waals surface area contributed by atoms with Gasteiger partial charge in [-0.2, -0.15) is 0 Å². The highest BCUT2D eigenvalue weighted by Gasteiger charge is 2.23. The molecule has 0 amide bonds. The standard InChI is InChI=1S/C39H41ClN2/c1-27-23-33(41-29(3)25-31-13-7-5-8-14-31)19-21-35(27)39(37-17-11-12-18-38(37)40)36-22-20-34(24-28(36)2)42-30(4)26-32-15-9-6-10-16-32/h5-24,29-30,39,41-42H,25-26H2,1-4H3. The van der Waals surface area contributed by atoms with E-state index in [1.807, 2.05) is 12.1 Å². The molecule has 5 rings (SSSR count). The lowest BCUT2D eigenvalue weighted by atomic mass is 9.81. The Hall–Kier alpha value is -4.01. The van der Waals surface area contributed by atoms with Crippen LogP contribution in [0.5, 0.6) is 0 Å². The number of halogens is 1. The molecular formula is C39H41ClN2. The average molecular weight is 573 g/mol. The Labute approximate surface area is 256 Å². The highest BCUT2D eigenvalue weighted by atomic mass is 35.5. The second-order valence-electron chi connectivity index (χ2n) is 11.6. The molecule has 0 aliphatic rings. The smallest absolute Gasteiger partial charge is 0.0447 e. The number of rotatable bonds is 11. The van der Waals surface area contributed by atoms with Crippen LogP contribution >= 0.6 is 11.6 Å². The first kappa shape index (κ1) is 29.5. The van der Waals surface area contributed by atoms with Crippen molar-refractivity contribution < 1.29 is 0 Å². The molecule has 0 saturated heterocycles. The molecule has 2 unspecified atom stereocenters. The van der Waals surface area contributed by atoms with Crippen molar-refractivity contribution in [3.05, 3.63) is 165 Å². The number of benzene rings is 5. The molecule has 42 heavy (non-hydrogen) atoms. The molecule has 2 nitrogen and oxygen atoms in total. The highest BCUT2D eigenvalue weighted by molar-refractivity contribution is 6.31. The zero-order valence-corrected chi connectivity index (χ0v) is 25.8. The normalized spacial score (nSPS) is 13.3. The van der Waals surface area contributed by atoms with Gasteiger partial charge in [0.05, 0.1) is 0 Å².